The molecule has 0 aliphatic heterocycles. The lowest BCUT2D eigenvalue weighted by atomic mass is 9.49. The molecule has 5 aliphatic carbocycles. The Morgan fingerprint density at radius 2 is 1.79 bits per heavy atom. The predicted octanol–water partition coefficient (Wildman–Crippen LogP) is 2.87. The predicted molar refractivity (Wildman–Crippen MR) is 102 cm³/mol. The normalized spacial score (nSPS) is 51.6. The zero-order valence-corrected chi connectivity index (χ0v) is 16.8. The maximum absolute atomic E-state index is 13.1. The van der Waals surface area contributed by atoms with Gasteiger partial charge in [0.1, 0.15) is 6.54 Å². The summed E-state index contributed by atoms with van der Waals surface area (Å²) in [4.78, 5) is 14.5. The van der Waals surface area contributed by atoms with Crippen molar-refractivity contribution in [2.24, 2.45) is 46.8 Å². The summed E-state index contributed by atoms with van der Waals surface area (Å²) in [7, 11) is 0. The second kappa shape index (κ2) is 5.87. The third kappa shape index (κ3) is 2.36. The lowest BCUT2D eigenvalue weighted by molar-refractivity contribution is -0.132. The molecular weight excluding hydrogens is 352 g/mol. The molecule has 1 unspecified atom stereocenters. The molecule has 6 heteroatoms. The molecule has 6 rings (SSSR count). The van der Waals surface area contributed by atoms with Crippen molar-refractivity contribution < 1.29 is 9.90 Å². The van der Waals surface area contributed by atoms with Gasteiger partial charge >= 0.3 is 0 Å². The molecule has 0 saturated heterocycles. The number of ketones is 1. The number of hydrogen-bond donors (Lipinski definition) is 1. The molecule has 5 aliphatic rings. The van der Waals surface area contributed by atoms with E-state index in [9.17, 15) is 9.90 Å². The van der Waals surface area contributed by atoms with Gasteiger partial charge in [-0.05, 0) is 104 Å². The molecule has 0 spiro atoms. The fraction of sp³-hybridized carbons (Fsp3) is 0.909. The van der Waals surface area contributed by atoms with E-state index in [0.29, 0.717) is 17.6 Å². The summed E-state index contributed by atoms with van der Waals surface area (Å²) in [5, 5.41) is 22.3. The van der Waals surface area contributed by atoms with Gasteiger partial charge in [0.2, 0.25) is 0 Å². The highest BCUT2D eigenvalue weighted by Gasteiger charge is 2.65. The minimum atomic E-state index is -0.280. The van der Waals surface area contributed by atoms with Gasteiger partial charge < -0.3 is 5.11 Å². The number of carbonyl (C=O) groups is 1. The Balaban J connectivity index is 1.21. The highest BCUT2D eigenvalue weighted by atomic mass is 16.3. The van der Waals surface area contributed by atoms with E-state index in [0.717, 1.165) is 42.9 Å². The van der Waals surface area contributed by atoms with Gasteiger partial charge in [-0.25, -0.2) is 0 Å². The van der Waals surface area contributed by atoms with Crippen molar-refractivity contribution in [3.8, 4) is 0 Å². The number of fused-ring (bicyclic) bond motifs is 7. The molecule has 9 atom stereocenters. The van der Waals surface area contributed by atoms with E-state index in [2.05, 4.69) is 22.3 Å². The molecule has 0 aromatic carbocycles. The van der Waals surface area contributed by atoms with Crippen LogP contribution in [0.25, 0.3) is 0 Å². The van der Waals surface area contributed by atoms with Crippen LogP contribution < -0.4 is 0 Å². The van der Waals surface area contributed by atoms with Crippen LogP contribution >= 0.6 is 0 Å². The lowest BCUT2D eigenvalue weighted by Crippen LogP contribution is -2.50. The molecule has 152 valence electrons. The first-order chi connectivity index (χ1) is 13.5. The smallest absolute Gasteiger partial charge is 0.162 e. The number of tetrazole rings is 1. The summed E-state index contributed by atoms with van der Waals surface area (Å²) in [5.41, 5.74) is -0.127. The number of hydrogen-bond acceptors (Lipinski definition) is 5. The first kappa shape index (κ1) is 17.5. The average molecular weight is 385 g/mol. The van der Waals surface area contributed by atoms with Crippen LogP contribution in [0.4, 0.5) is 0 Å². The van der Waals surface area contributed by atoms with Gasteiger partial charge in [0.15, 0.2) is 12.1 Å². The van der Waals surface area contributed by atoms with E-state index in [1.165, 1.54) is 49.6 Å². The van der Waals surface area contributed by atoms with Crippen LogP contribution in [-0.2, 0) is 11.3 Å². The standard InChI is InChI=1S/C22H32N4O2/c1-21-8-6-13-14-7-9-22(28)10-19(22)16(14)3-2-15(13)17(21)4-5-18(21)20(27)11-26-24-12-23-25-26/h12-19,28H,2-11H2,1H3/t13-,14-,15-,16+,17+,18-,19?,21+,22+/m1/s1. The number of aromatic nitrogens is 4. The number of aliphatic hydroxyl groups is 1. The summed E-state index contributed by atoms with van der Waals surface area (Å²) in [6, 6.07) is 0. The summed E-state index contributed by atoms with van der Waals surface area (Å²) in [6.07, 6.45) is 12.1. The minimum absolute atomic E-state index is 0.153. The van der Waals surface area contributed by atoms with Crippen molar-refractivity contribution in [2.45, 2.75) is 76.9 Å². The zero-order valence-electron chi connectivity index (χ0n) is 16.8. The maximum Gasteiger partial charge on any atom is 0.162 e. The summed E-state index contributed by atoms with van der Waals surface area (Å²) < 4.78 is 0. The average Bonchev–Trinajstić information content (AvgIpc) is 3.00. The van der Waals surface area contributed by atoms with Gasteiger partial charge in [-0.2, -0.15) is 4.80 Å². The Morgan fingerprint density at radius 3 is 2.54 bits per heavy atom. The Bertz CT molecular complexity index is 782. The van der Waals surface area contributed by atoms with Gasteiger partial charge in [-0.1, -0.05) is 6.92 Å². The summed E-state index contributed by atoms with van der Waals surface area (Å²) >= 11 is 0. The highest BCUT2D eigenvalue weighted by Crippen LogP contribution is 2.68. The van der Waals surface area contributed by atoms with Crippen LogP contribution in [0, 0.1) is 46.8 Å². The van der Waals surface area contributed by atoms with Crippen molar-refractivity contribution in [3.05, 3.63) is 6.33 Å². The lowest BCUT2D eigenvalue weighted by Gasteiger charge is -2.56. The minimum Gasteiger partial charge on any atom is -0.390 e. The molecule has 6 nitrogen and oxygen atoms in total. The largest absolute Gasteiger partial charge is 0.390 e. The summed E-state index contributed by atoms with van der Waals surface area (Å²) in [6.45, 7) is 2.68. The monoisotopic (exact) mass is 384 g/mol. The molecular formula is C22H32N4O2. The molecule has 1 aromatic heterocycles. The van der Waals surface area contributed by atoms with Crippen LogP contribution in [-0.4, -0.2) is 36.7 Å². The van der Waals surface area contributed by atoms with E-state index in [4.69, 9.17) is 0 Å². The van der Waals surface area contributed by atoms with E-state index < -0.39 is 0 Å². The van der Waals surface area contributed by atoms with Crippen molar-refractivity contribution in [2.75, 3.05) is 0 Å². The molecule has 0 amide bonds. The van der Waals surface area contributed by atoms with E-state index in [-0.39, 0.29) is 23.5 Å². The van der Waals surface area contributed by atoms with Crippen LogP contribution in [0.1, 0.15) is 64.7 Å². The molecule has 5 fully saturated rings. The Morgan fingerprint density at radius 1 is 1.04 bits per heavy atom. The van der Waals surface area contributed by atoms with Crippen molar-refractivity contribution in [1.29, 1.82) is 0 Å². The molecule has 0 bridgehead atoms. The topological polar surface area (TPSA) is 80.9 Å². The maximum atomic E-state index is 13.1. The van der Waals surface area contributed by atoms with Gasteiger partial charge in [0.25, 0.3) is 0 Å². The van der Waals surface area contributed by atoms with E-state index in [1.807, 2.05) is 0 Å². The molecule has 1 heterocycles. The van der Waals surface area contributed by atoms with Crippen LogP contribution in [0.15, 0.2) is 6.33 Å². The van der Waals surface area contributed by atoms with Crippen molar-refractivity contribution >= 4 is 5.78 Å². The van der Waals surface area contributed by atoms with E-state index >= 15 is 0 Å². The fourth-order valence-corrected chi connectivity index (χ4v) is 8.72. The van der Waals surface area contributed by atoms with Gasteiger partial charge in [0, 0.05) is 5.92 Å². The third-order valence-corrected chi connectivity index (χ3v) is 10.0. The van der Waals surface area contributed by atoms with Crippen molar-refractivity contribution in [3.63, 3.8) is 0 Å². The van der Waals surface area contributed by atoms with Crippen LogP contribution in [0.3, 0.4) is 0 Å². The number of carbonyl (C=O) groups excluding carboxylic acids is 1. The second-order valence-electron chi connectivity index (χ2n) is 10.9. The first-order valence-corrected chi connectivity index (χ1v) is 11.5. The SMILES string of the molecule is C[C@]12CC[C@@H]3[C@H]4CC[C@]5(O)CC5[C@H]4CC[C@H]3[C@@H]1CC[C@@H]2C(=O)Cn1ncnn1. The Kier molecular flexibility index (Phi) is 3.68. The summed E-state index contributed by atoms with van der Waals surface area (Å²) in [5.74, 6) is 5.02. The number of Topliss-reactive ketones (excluding diaryl/α,β-unsaturated/α-hetero) is 1. The molecule has 0 radical (unpaired) electrons. The molecule has 28 heavy (non-hydrogen) atoms. The quantitative estimate of drug-likeness (QED) is 0.867. The highest BCUT2D eigenvalue weighted by molar-refractivity contribution is 5.81. The molecule has 1 aromatic rings. The van der Waals surface area contributed by atoms with Crippen LogP contribution in [0.2, 0.25) is 0 Å². The number of rotatable bonds is 3. The molecule has 5 saturated carbocycles. The van der Waals surface area contributed by atoms with E-state index in [1.54, 1.807) is 0 Å². The molecule has 1 N–H and O–H groups in total. The van der Waals surface area contributed by atoms with Gasteiger partial charge in [-0.15, -0.1) is 10.2 Å². The third-order valence-electron chi connectivity index (χ3n) is 10.0. The van der Waals surface area contributed by atoms with Gasteiger partial charge in [0.05, 0.1) is 5.60 Å². The number of nitrogens with zero attached hydrogens (tertiary/aromatic N) is 4. The Hall–Kier alpha value is -1.30. The first-order valence-electron chi connectivity index (χ1n) is 11.5. The second-order valence-corrected chi connectivity index (χ2v) is 10.9. The zero-order chi connectivity index (χ0) is 19.1. The fourth-order valence-electron chi connectivity index (χ4n) is 8.72. The van der Waals surface area contributed by atoms with Crippen molar-refractivity contribution in [1.82, 2.24) is 20.2 Å². The Labute approximate surface area is 166 Å². The van der Waals surface area contributed by atoms with Crippen LogP contribution in [0.5, 0.6) is 0 Å². The van der Waals surface area contributed by atoms with Gasteiger partial charge in [-0.3, -0.25) is 4.79 Å².